The lowest BCUT2D eigenvalue weighted by atomic mass is 9.85. The molecule has 3 aliphatic rings. The van der Waals surface area contributed by atoms with E-state index in [-0.39, 0.29) is 24.0 Å². The third kappa shape index (κ3) is 5.72. The standard InChI is InChI=1S/C24H36N4O2.HI/c1-2-25-23(26-18-24(30)13-6-3-7-14-24)28-17-19(20-9-4-5-10-21(20)28)12-16-27-15-8-11-22(27)29;/h4-5,9-10,19,30H,2-3,6-8,11-18H2,1H3,(H,25,26);1H. The van der Waals surface area contributed by atoms with Crippen LogP contribution in [-0.4, -0.2) is 60.2 Å². The first-order chi connectivity index (χ1) is 14.6. The zero-order valence-corrected chi connectivity index (χ0v) is 21.0. The van der Waals surface area contributed by atoms with E-state index in [1.165, 1.54) is 17.7 Å². The molecule has 2 aliphatic heterocycles. The quantitative estimate of drug-likeness (QED) is 0.327. The minimum absolute atomic E-state index is 0. The highest BCUT2D eigenvalue weighted by atomic mass is 127. The topological polar surface area (TPSA) is 68.2 Å². The van der Waals surface area contributed by atoms with Crippen LogP contribution in [0.25, 0.3) is 0 Å². The summed E-state index contributed by atoms with van der Waals surface area (Å²) in [6, 6.07) is 8.56. The van der Waals surface area contributed by atoms with Gasteiger partial charge in [0.05, 0.1) is 12.1 Å². The molecule has 4 rings (SSSR count). The van der Waals surface area contributed by atoms with Crippen LogP contribution in [0, 0.1) is 0 Å². The van der Waals surface area contributed by atoms with E-state index < -0.39 is 5.60 Å². The van der Waals surface area contributed by atoms with Crippen LogP contribution < -0.4 is 10.2 Å². The number of aliphatic hydroxyl groups is 1. The maximum Gasteiger partial charge on any atom is 0.222 e. The molecular weight excluding hydrogens is 503 g/mol. The fourth-order valence-corrected chi connectivity index (χ4v) is 5.18. The third-order valence-electron chi connectivity index (χ3n) is 6.89. The minimum atomic E-state index is -0.659. The van der Waals surface area contributed by atoms with Crippen molar-refractivity contribution in [2.24, 2.45) is 4.99 Å². The molecule has 0 spiro atoms. The monoisotopic (exact) mass is 540 g/mol. The summed E-state index contributed by atoms with van der Waals surface area (Å²) in [4.78, 5) is 21.2. The van der Waals surface area contributed by atoms with Gasteiger partial charge in [-0.25, -0.2) is 4.99 Å². The number of fused-ring (bicyclic) bond motifs is 1. The Morgan fingerprint density at radius 2 is 2.00 bits per heavy atom. The van der Waals surface area contributed by atoms with E-state index >= 15 is 0 Å². The molecule has 1 saturated heterocycles. The van der Waals surface area contributed by atoms with Crippen molar-refractivity contribution in [2.45, 2.75) is 69.8 Å². The predicted molar refractivity (Wildman–Crippen MR) is 136 cm³/mol. The van der Waals surface area contributed by atoms with E-state index in [1.807, 2.05) is 4.90 Å². The van der Waals surface area contributed by atoms with E-state index in [1.54, 1.807) is 0 Å². The van der Waals surface area contributed by atoms with E-state index in [2.05, 4.69) is 41.4 Å². The molecule has 2 fully saturated rings. The lowest BCUT2D eigenvalue weighted by Crippen LogP contribution is -2.43. The molecule has 1 aromatic rings. The van der Waals surface area contributed by atoms with Crippen LogP contribution in [0.1, 0.15) is 69.8 Å². The summed E-state index contributed by atoms with van der Waals surface area (Å²) < 4.78 is 0. The molecule has 1 aromatic carbocycles. The van der Waals surface area contributed by atoms with E-state index in [9.17, 15) is 9.90 Å². The number of carbonyl (C=O) groups is 1. The van der Waals surface area contributed by atoms with Gasteiger partial charge in [0.2, 0.25) is 5.91 Å². The predicted octanol–water partition coefficient (Wildman–Crippen LogP) is 3.88. The number of nitrogens with one attached hydrogen (secondary N) is 1. The maximum absolute atomic E-state index is 12.0. The number of rotatable bonds is 6. The number of aliphatic imine (C=N–C) groups is 1. The largest absolute Gasteiger partial charge is 0.388 e. The number of guanidine groups is 1. The van der Waals surface area contributed by atoms with Crippen LogP contribution >= 0.6 is 24.0 Å². The summed E-state index contributed by atoms with van der Waals surface area (Å²) in [5, 5.41) is 14.4. The van der Waals surface area contributed by atoms with Gasteiger partial charge in [-0.3, -0.25) is 4.79 Å². The highest BCUT2D eigenvalue weighted by Crippen LogP contribution is 2.38. The Labute approximate surface area is 203 Å². The number of para-hydroxylation sites is 1. The van der Waals surface area contributed by atoms with Crippen molar-refractivity contribution in [3.05, 3.63) is 29.8 Å². The lowest BCUT2D eigenvalue weighted by Gasteiger charge is -2.31. The summed E-state index contributed by atoms with van der Waals surface area (Å²) >= 11 is 0. The molecule has 6 nitrogen and oxygen atoms in total. The number of carbonyl (C=O) groups excluding carboxylic acids is 1. The van der Waals surface area contributed by atoms with Gasteiger partial charge in [0, 0.05) is 44.2 Å². The van der Waals surface area contributed by atoms with Gasteiger partial charge < -0.3 is 20.2 Å². The lowest BCUT2D eigenvalue weighted by molar-refractivity contribution is -0.127. The molecule has 1 saturated carbocycles. The minimum Gasteiger partial charge on any atom is -0.388 e. The van der Waals surface area contributed by atoms with Crippen molar-refractivity contribution >= 4 is 41.5 Å². The number of benzene rings is 1. The molecule has 172 valence electrons. The van der Waals surface area contributed by atoms with Crippen molar-refractivity contribution in [3.63, 3.8) is 0 Å². The summed E-state index contributed by atoms with van der Waals surface area (Å²) in [6.45, 7) is 5.94. The van der Waals surface area contributed by atoms with E-state index in [0.29, 0.717) is 24.8 Å². The Hall–Kier alpha value is -1.35. The van der Waals surface area contributed by atoms with Crippen molar-refractivity contribution in [1.82, 2.24) is 10.2 Å². The second-order valence-electron chi connectivity index (χ2n) is 9.09. The first-order valence-corrected chi connectivity index (χ1v) is 11.7. The van der Waals surface area contributed by atoms with Crippen LogP contribution in [0.3, 0.4) is 0 Å². The van der Waals surface area contributed by atoms with Crippen LogP contribution in [0.5, 0.6) is 0 Å². The Balaban J connectivity index is 0.00000272. The average Bonchev–Trinajstić information content (AvgIpc) is 3.33. The van der Waals surface area contributed by atoms with E-state index in [0.717, 1.165) is 70.7 Å². The molecule has 0 bridgehead atoms. The van der Waals surface area contributed by atoms with Gasteiger partial charge in [-0.1, -0.05) is 37.5 Å². The van der Waals surface area contributed by atoms with Crippen molar-refractivity contribution in [1.29, 1.82) is 0 Å². The highest BCUT2D eigenvalue weighted by molar-refractivity contribution is 14.0. The smallest absolute Gasteiger partial charge is 0.222 e. The van der Waals surface area contributed by atoms with Gasteiger partial charge in [-0.2, -0.15) is 0 Å². The molecular formula is C24H37IN4O2. The van der Waals surface area contributed by atoms with E-state index in [4.69, 9.17) is 4.99 Å². The van der Waals surface area contributed by atoms with Crippen molar-refractivity contribution in [2.75, 3.05) is 37.6 Å². The van der Waals surface area contributed by atoms with Crippen molar-refractivity contribution in [3.8, 4) is 0 Å². The molecule has 1 aliphatic carbocycles. The van der Waals surface area contributed by atoms with Crippen LogP contribution in [-0.2, 0) is 4.79 Å². The molecule has 1 atom stereocenters. The third-order valence-corrected chi connectivity index (χ3v) is 6.89. The van der Waals surface area contributed by atoms with Gasteiger partial charge >= 0.3 is 0 Å². The number of nitrogens with zero attached hydrogens (tertiary/aromatic N) is 3. The summed E-state index contributed by atoms with van der Waals surface area (Å²) in [5.41, 5.74) is 1.88. The molecule has 1 unspecified atom stereocenters. The fraction of sp³-hybridized carbons (Fsp3) is 0.667. The maximum atomic E-state index is 12.0. The normalized spacial score (nSPS) is 23.0. The number of amides is 1. The Morgan fingerprint density at radius 1 is 1.23 bits per heavy atom. The number of anilines is 1. The first-order valence-electron chi connectivity index (χ1n) is 11.7. The Kier molecular flexibility index (Phi) is 8.61. The van der Waals surface area contributed by atoms with Crippen LogP contribution in [0.2, 0.25) is 0 Å². The second-order valence-corrected chi connectivity index (χ2v) is 9.09. The summed E-state index contributed by atoms with van der Waals surface area (Å²) in [6.07, 6.45) is 7.76. The molecule has 2 N–H and O–H groups in total. The number of halogens is 1. The number of hydrogen-bond acceptors (Lipinski definition) is 3. The van der Waals surface area contributed by atoms with Gasteiger partial charge in [-0.05, 0) is 44.2 Å². The van der Waals surface area contributed by atoms with Gasteiger partial charge in [0.1, 0.15) is 0 Å². The second kappa shape index (κ2) is 11.0. The van der Waals surface area contributed by atoms with Gasteiger partial charge in [0.25, 0.3) is 0 Å². The number of likely N-dealkylation sites (tertiary alicyclic amines) is 1. The fourth-order valence-electron chi connectivity index (χ4n) is 5.18. The van der Waals surface area contributed by atoms with Crippen molar-refractivity contribution < 1.29 is 9.90 Å². The Bertz CT molecular complexity index is 779. The highest BCUT2D eigenvalue weighted by Gasteiger charge is 2.33. The molecule has 1 amide bonds. The molecule has 31 heavy (non-hydrogen) atoms. The SMILES string of the molecule is CCNC(=NCC1(O)CCCCC1)N1CC(CCN2CCCC2=O)c2ccccc21.I. The zero-order chi connectivity index (χ0) is 21.0. The average molecular weight is 540 g/mol. The summed E-state index contributed by atoms with van der Waals surface area (Å²) in [5.74, 6) is 1.55. The molecule has 0 radical (unpaired) electrons. The molecule has 0 aromatic heterocycles. The molecule has 7 heteroatoms. The summed E-state index contributed by atoms with van der Waals surface area (Å²) in [7, 11) is 0. The molecule has 2 heterocycles. The number of hydrogen-bond donors (Lipinski definition) is 2. The Morgan fingerprint density at radius 3 is 2.71 bits per heavy atom. The van der Waals surface area contributed by atoms with Gasteiger partial charge in [0.15, 0.2) is 5.96 Å². The zero-order valence-electron chi connectivity index (χ0n) is 18.7. The first kappa shape index (κ1) is 24.3. The van der Waals surface area contributed by atoms with Gasteiger partial charge in [-0.15, -0.1) is 24.0 Å². The van der Waals surface area contributed by atoms with Crippen LogP contribution in [0.4, 0.5) is 5.69 Å². The van der Waals surface area contributed by atoms with Crippen LogP contribution in [0.15, 0.2) is 29.3 Å².